The van der Waals surface area contributed by atoms with Crippen LogP contribution in [0.3, 0.4) is 0 Å². The van der Waals surface area contributed by atoms with Crippen LogP contribution in [-0.2, 0) is 25.9 Å². The first-order chi connectivity index (χ1) is 8.28. The van der Waals surface area contributed by atoms with Crippen molar-refractivity contribution in [2.45, 2.75) is 46.7 Å². The van der Waals surface area contributed by atoms with Gasteiger partial charge in [-0.05, 0) is 25.6 Å². The summed E-state index contributed by atoms with van der Waals surface area (Å²) in [6.45, 7) is 8.59. The van der Waals surface area contributed by atoms with Gasteiger partial charge in [-0.15, -0.1) is 0 Å². The molecule has 3 nitrogen and oxygen atoms in total. The van der Waals surface area contributed by atoms with Crippen molar-refractivity contribution in [1.29, 1.82) is 0 Å². The van der Waals surface area contributed by atoms with Crippen molar-refractivity contribution in [2.24, 2.45) is 0 Å². The molecule has 1 aromatic heterocycles. The molecule has 0 bridgehead atoms. The smallest absolute Gasteiger partial charge is 0.0669 e. The van der Waals surface area contributed by atoms with Crippen molar-refractivity contribution >= 4 is 11.8 Å². The second-order valence-corrected chi connectivity index (χ2v) is 5.42. The molecule has 4 heteroatoms. The Bertz CT molecular complexity index is 334. The van der Waals surface area contributed by atoms with Crippen LogP contribution in [-0.4, -0.2) is 28.3 Å². The zero-order valence-electron chi connectivity index (χ0n) is 11.5. The Balaban J connectivity index is 2.87. The van der Waals surface area contributed by atoms with E-state index in [1.165, 1.54) is 22.7 Å². The molecule has 1 heterocycles. The highest BCUT2D eigenvalue weighted by atomic mass is 32.2. The first kappa shape index (κ1) is 14.6. The number of nitrogens with zero attached hydrogens (tertiary/aromatic N) is 2. The van der Waals surface area contributed by atoms with E-state index in [0.29, 0.717) is 0 Å². The standard InChI is InChI=1S/C13H25N3S/c1-5-12-11(10-14-4)13(6-2)16(15-12)8-9-17-7-3/h14H,5-10H2,1-4H3. The lowest BCUT2D eigenvalue weighted by molar-refractivity contribution is 0.621. The molecular weight excluding hydrogens is 230 g/mol. The highest BCUT2D eigenvalue weighted by Crippen LogP contribution is 2.17. The number of hydrogen-bond donors (Lipinski definition) is 1. The monoisotopic (exact) mass is 255 g/mol. The number of rotatable bonds is 8. The van der Waals surface area contributed by atoms with Crippen molar-refractivity contribution in [3.63, 3.8) is 0 Å². The maximum atomic E-state index is 4.75. The van der Waals surface area contributed by atoms with Gasteiger partial charge < -0.3 is 5.32 Å². The van der Waals surface area contributed by atoms with E-state index in [1.54, 1.807) is 0 Å². The molecule has 0 fully saturated rings. The Morgan fingerprint density at radius 2 is 2.00 bits per heavy atom. The van der Waals surface area contributed by atoms with Crippen LogP contribution in [0.4, 0.5) is 0 Å². The van der Waals surface area contributed by atoms with Gasteiger partial charge in [0.15, 0.2) is 0 Å². The molecule has 0 saturated carbocycles. The Kier molecular flexibility index (Phi) is 6.66. The molecule has 0 aromatic carbocycles. The molecule has 0 amide bonds. The van der Waals surface area contributed by atoms with Gasteiger partial charge in [0, 0.05) is 23.6 Å². The SMILES string of the molecule is CCSCCn1nc(CC)c(CNC)c1CC. The van der Waals surface area contributed by atoms with E-state index in [-0.39, 0.29) is 0 Å². The van der Waals surface area contributed by atoms with Gasteiger partial charge in [-0.3, -0.25) is 4.68 Å². The fraction of sp³-hybridized carbons (Fsp3) is 0.769. The number of thioether (sulfide) groups is 1. The minimum absolute atomic E-state index is 0.938. The second-order valence-electron chi connectivity index (χ2n) is 4.03. The highest BCUT2D eigenvalue weighted by molar-refractivity contribution is 7.99. The van der Waals surface area contributed by atoms with Crippen molar-refractivity contribution in [3.8, 4) is 0 Å². The van der Waals surface area contributed by atoms with Gasteiger partial charge in [-0.1, -0.05) is 20.8 Å². The van der Waals surface area contributed by atoms with Crippen LogP contribution >= 0.6 is 11.8 Å². The average Bonchev–Trinajstić information content (AvgIpc) is 2.67. The van der Waals surface area contributed by atoms with E-state index in [1.807, 2.05) is 18.8 Å². The molecule has 0 aliphatic heterocycles. The fourth-order valence-electron chi connectivity index (χ4n) is 2.13. The molecule has 0 unspecified atom stereocenters. The van der Waals surface area contributed by atoms with E-state index < -0.39 is 0 Å². The topological polar surface area (TPSA) is 29.9 Å². The minimum atomic E-state index is 0.938. The van der Waals surface area contributed by atoms with Gasteiger partial charge in [0.2, 0.25) is 0 Å². The Labute approximate surface area is 109 Å². The number of hydrogen-bond acceptors (Lipinski definition) is 3. The van der Waals surface area contributed by atoms with Crippen LogP contribution in [0.15, 0.2) is 0 Å². The van der Waals surface area contributed by atoms with Crippen LogP contribution in [0.1, 0.15) is 37.7 Å². The summed E-state index contributed by atoms with van der Waals surface area (Å²) in [6.07, 6.45) is 2.10. The zero-order chi connectivity index (χ0) is 12.7. The van der Waals surface area contributed by atoms with Crippen molar-refractivity contribution in [2.75, 3.05) is 18.6 Å². The summed E-state index contributed by atoms with van der Waals surface area (Å²) in [5.41, 5.74) is 4.09. The zero-order valence-corrected chi connectivity index (χ0v) is 12.4. The lowest BCUT2D eigenvalue weighted by Gasteiger charge is -2.07. The van der Waals surface area contributed by atoms with Gasteiger partial charge in [0.25, 0.3) is 0 Å². The van der Waals surface area contributed by atoms with Crippen LogP contribution < -0.4 is 5.32 Å². The van der Waals surface area contributed by atoms with Gasteiger partial charge >= 0.3 is 0 Å². The first-order valence-corrected chi connectivity index (χ1v) is 7.73. The molecule has 1 rings (SSSR count). The van der Waals surface area contributed by atoms with Crippen LogP contribution in [0.2, 0.25) is 0 Å². The summed E-state index contributed by atoms with van der Waals surface area (Å²) in [7, 11) is 2.00. The maximum Gasteiger partial charge on any atom is 0.0669 e. The Morgan fingerprint density at radius 1 is 1.24 bits per heavy atom. The molecule has 0 spiro atoms. The molecule has 1 aromatic rings. The summed E-state index contributed by atoms with van der Waals surface area (Å²) in [5.74, 6) is 2.35. The quantitative estimate of drug-likeness (QED) is 0.724. The minimum Gasteiger partial charge on any atom is -0.316 e. The third-order valence-electron chi connectivity index (χ3n) is 2.92. The number of nitrogens with one attached hydrogen (secondary N) is 1. The lowest BCUT2D eigenvalue weighted by Crippen LogP contribution is -2.10. The fourth-order valence-corrected chi connectivity index (χ4v) is 2.72. The van der Waals surface area contributed by atoms with Crippen LogP contribution in [0.5, 0.6) is 0 Å². The Morgan fingerprint density at radius 3 is 2.53 bits per heavy atom. The predicted molar refractivity (Wildman–Crippen MR) is 76.7 cm³/mol. The van der Waals surface area contributed by atoms with Crippen LogP contribution in [0.25, 0.3) is 0 Å². The second kappa shape index (κ2) is 7.77. The van der Waals surface area contributed by atoms with Gasteiger partial charge in [0.1, 0.15) is 0 Å². The van der Waals surface area contributed by atoms with E-state index in [0.717, 1.165) is 31.7 Å². The molecule has 17 heavy (non-hydrogen) atoms. The van der Waals surface area contributed by atoms with Gasteiger partial charge in [-0.2, -0.15) is 16.9 Å². The lowest BCUT2D eigenvalue weighted by atomic mass is 10.1. The largest absolute Gasteiger partial charge is 0.316 e. The third-order valence-corrected chi connectivity index (χ3v) is 3.80. The molecule has 0 atom stereocenters. The average molecular weight is 255 g/mol. The van der Waals surface area contributed by atoms with Crippen molar-refractivity contribution in [3.05, 3.63) is 17.0 Å². The molecule has 0 aliphatic rings. The summed E-state index contributed by atoms with van der Waals surface area (Å²) in [5, 5.41) is 8.01. The summed E-state index contributed by atoms with van der Waals surface area (Å²) in [4.78, 5) is 0. The molecule has 0 saturated heterocycles. The van der Waals surface area contributed by atoms with Crippen molar-refractivity contribution in [1.82, 2.24) is 15.1 Å². The van der Waals surface area contributed by atoms with Gasteiger partial charge in [0.05, 0.1) is 12.2 Å². The van der Waals surface area contributed by atoms with E-state index in [4.69, 9.17) is 5.10 Å². The third kappa shape index (κ3) is 3.75. The Hall–Kier alpha value is -0.480. The molecular formula is C13H25N3S. The summed E-state index contributed by atoms with van der Waals surface area (Å²) < 4.78 is 2.22. The van der Waals surface area contributed by atoms with E-state index in [2.05, 4.69) is 30.8 Å². The first-order valence-electron chi connectivity index (χ1n) is 6.58. The number of aryl methyl sites for hydroxylation is 2. The highest BCUT2D eigenvalue weighted by Gasteiger charge is 2.14. The van der Waals surface area contributed by atoms with Crippen LogP contribution in [0, 0.1) is 0 Å². The van der Waals surface area contributed by atoms with Crippen molar-refractivity contribution < 1.29 is 0 Å². The van der Waals surface area contributed by atoms with E-state index in [9.17, 15) is 0 Å². The maximum absolute atomic E-state index is 4.75. The summed E-state index contributed by atoms with van der Waals surface area (Å²) in [6, 6.07) is 0. The normalized spacial score (nSPS) is 11.1. The molecule has 1 N–H and O–H groups in total. The number of aromatic nitrogens is 2. The summed E-state index contributed by atoms with van der Waals surface area (Å²) >= 11 is 1.98. The molecule has 0 radical (unpaired) electrons. The molecule has 98 valence electrons. The van der Waals surface area contributed by atoms with E-state index >= 15 is 0 Å². The molecule has 0 aliphatic carbocycles. The predicted octanol–water partition coefficient (Wildman–Crippen LogP) is 2.48. The van der Waals surface area contributed by atoms with Gasteiger partial charge in [-0.25, -0.2) is 0 Å².